The van der Waals surface area contributed by atoms with Gasteiger partial charge in [0.25, 0.3) is 5.91 Å². The van der Waals surface area contributed by atoms with E-state index in [-0.39, 0.29) is 17.2 Å². The number of carbonyl (C=O) groups excluding carboxylic acids is 2. The summed E-state index contributed by atoms with van der Waals surface area (Å²) in [5.74, 6) is 1.86. The smallest absolute Gasteiger partial charge is 0.308 e. The van der Waals surface area contributed by atoms with Crippen molar-refractivity contribution in [2.45, 2.75) is 6.92 Å². The maximum atomic E-state index is 12.3. The van der Waals surface area contributed by atoms with E-state index in [0.29, 0.717) is 11.3 Å². The van der Waals surface area contributed by atoms with Crippen LogP contribution in [0.2, 0.25) is 0 Å². The molecule has 0 aliphatic carbocycles. The molecule has 2 aromatic rings. The normalized spacial score (nSPS) is 9.52. The van der Waals surface area contributed by atoms with Crippen molar-refractivity contribution in [2.75, 3.05) is 5.32 Å². The molecule has 0 saturated carbocycles. The fourth-order valence-electron chi connectivity index (χ4n) is 1.78. The van der Waals surface area contributed by atoms with E-state index in [9.17, 15) is 9.59 Å². The molecule has 1 N–H and O–H groups in total. The average molecular weight is 279 g/mol. The summed E-state index contributed by atoms with van der Waals surface area (Å²) in [6.07, 6.45) is 5.32. The van der Waals surface area contributed by atoms with Crippen LogP contribution in [-0.4, -0.2) is 11.9 Å². The van der Waals surface area contributed by atoms with Gasteiger partial charge in [0.2, 0.25) is 0 Å². The van der Waals surface area contributed by atoms with E-state index in [4.69, 9.17) is 11.2 Å². The first-order chi connectivity index (χ1) is 10.1. The number of ether oxygens (including phenoxy) is 1. The van der Waals surface area contributed by atoms with Gasteiger partial charge >= 0.3 is 5.97 Å². The van der Waals surface area contributed by atoms with Crippen LogP contribution in [0, 0.1) is 12.3 Å². The van der Waals surface area contributed by atoms with E-state index in [1.54, 1.807) is 48.5 Å². The molecule has 0 bridgehead atoms. The predicted octanol–water partition coefficient (Wildman–Crippen LogP) is 2.85. The minimum atomic E-state index is -0.482. The summed E-state index contributed by atoms with van der Waals surface area (Å²) in [6.45, 7) is 1.28. The second-order valence-corrected chi connectivity index (χ2v) is 4.27. The van der Waals surface area contributed by atoms with E-state index >= 15 is 0 Å². The van der Waals surface area contributed by atoms with Crippen LogP contribution in [0.3, 0.4) is 0 Å². The van der Waals surface area contributed by atoms with Crippen LogP contribution >= 0.6 is 0 Å². The average Bonchev–Trinajstić information content (AvgIpc) is 2.47. The zero-order valence-electron chi connectivity index (χ0n) is 11.4. The Morgan fingerprint density at radius 1 is 1.14 bits per heavy atom. The summed E-state index contributed by atoms with van der Waals surface area (Å²) in [7, 11) is 0. The Bertz CT molecular complexity index is 729. The fourth-order valence-corrected chi connectivity index (χ4v) is 1.78. The van der Waals surface area contributed by atoms with Crippen LogP contribution in [0.25, 0.3) is 0 Å². The number of amides is 1. The van der Waals surface area contributed by atoms with Crippen molar-refractivity contribution in [3.05, 3.63) is 59.7 Å². The lowest BCUT2D eigenvalue weighted by molar-refractivity contribution is -0.131. The number of benzene rings is 2. The molecule has 21 heavy (non-hydrogen) atoms. The molecule has 4 heteroatoms. The van der Waals surface area contributed by atoms with Crippen molar-refractivity contribution in [3.63, 3.8) is 0 Å². The third kappa shape index (κ3) is 3.71. The molecule has 0 aliphatic heterocycles. The number of anilines is 1. The SMILES string of the molecule is C#Cc1cccc(NC(=O)c2ccccc2OC(C)=O)c1. The monoisotopic (exact) mass is 279 g/mol. The lowest BCUT2D eigenvalue weighted by Crippen LogP contribution is -2.14. The first kappa shape index (κ1) is 14.4. The standard InChI is InChI=1S/C17H13NO3/c1-3-13-7-6-8-14(11-13)18-17(20)15-9-4-5-10-16(15)21-12(2)19/h1,4-11H,2H3,(H,18,20). The highest BCUT2D eigenvalue weighted by Crippen LogP contribution is 2.20. The first-order valence-electron chi connectivity index (χ1n) is 6.25. The van der Waals surface area contributed by atoms with Crippen LogP contribution in [0.1, 0.15) is 22.8 Å². The van der Waals surface area contributed by atoms with Crippen LogP contribution in [0.15, 0.2) is 48.5 Å². The highest BCUT2D eigenvalue weighted by atomic mass is 16.5. The van der Waals surface area contributed by atoms with E-state index in [0.717, 1.165) is 0 Å². The number of terminal acetylenes is 1. The predicted molar refractivity (Wildman–Crippen MR) is 80.1 cm³/mol. The van der Waals surface area contributed by atoms with Crippen LogP contribution in [0.4, 0.5) is 5.69 Å². The number of carbonyl (C=O) groups is 2. The molecule has 4 nitrogen and oxygen atoms in total. The topological polar surface area (TPSA) is 55.4 Å². The van der Waals surface area contributed by atoms with Gasteiger partial charge in [-0.3, -0.25) is 9.59 Å². The number of hydrogen-bond donors (Lipinski definition) is 1. The van der Waals surface area contributed by atoms with Crippen LogP contribution in [-0.2, 0) is 4.79 Å². The summed E-state index contributed by atoms with van der Waals surface area (Å²) < 4.78 is 5.02. The molecule has 0 aromatic heterocycles. The van der Waals surface area contributed by atoms with E-state index < -0.39 is 5.97 Å². The largest absolute Gasteiger partial charge is 0.426 e. The van der Waals surface area contributed by atoms with Crippen LogP contribution in [0.5, 0.6) is 5.75 Å². The van der Waals surface area contributed by atoms with Gasteiger partial charge < -0.3 is 10.1 Å². The lowest BCUT2D eigenvalue weighted by atomic mass is 10.1. The molecule has 1 amide bonds. The van der Waals surface area contributed by atoms with Gasteiger partial charge in [0.15, 0.2) is 0 Å². The molecule has 104 valence electrons. The van der Waals surface area contributed by atoms with Gasteiger partial charge in [0.05, 0.1) is 5.56 Å². The van der Waals surface area contributed by atoms with Crippen molar-refractivity contribution < 1.29 is 14.3 Å². The summed E-state index contributed by atoms with van der Waals surface area (Å²) >= 11 is 0. The summed E-state index contributed by atoms with van der Waals surface area (Å²) in [4.78, 5) is 23.3. The number of para-hydroxylation sites is 1. The Kier molecular flexibility index (Phi) is 4.37. The molecule has 0 radical (unpaired) electrons. The number of esters is 1. The van der Waals surface area contributed by atoms with Crippen molar-refractivity contribution >= 4 is 17.6 Å². The Hall–Kier alpha value is -3.06. The van der Waals surface area contributed by atoms with Gasteiger partial charge in [-0.05, 0) is 30.3 Å². The van der Waals surface area contributed by atoms with E-state index in [1.165, 1.54) is 6.92 Å². The zero-order valence-corrected chi connectivity index (χ0v) is 11.4. The third-order valence-corrected chi connectivity index (χ3v) is 2.67. The molecular formula is C17H13NO3. The molecule has 2 aromatic carbocycles. The van der Waals surface area contributed by atoms with Crippen molar-refractivity contribution in [1.82, 2.24) is 0 Å². The summed E-state index contributed by atoms with van der Waals surface area (Å²) in [6, 6.07) is 13.5. The molecule has 2 rings (SSSR count). The molecule has 0 fully saturated rings. The van der Waals surface area contributed by atoms with Gasteiger partial charge in [-0.2, -0.15) is 0 Å². The van der Waals surface area contributed by atoms with Crippen LogP contribution < -0.4 is 10.1 Å². The highest BCUT2D eigenvalue weighted by molar-refractivity contribution is 6.06. The molecule has 0 atom stereocenters. The Morgan fingerprint density at radius 2 is 1.90 bits per heavy atom. The zero-order chi connectivity index (χ0) is 15.2. The quantitative estimate of drug-likeness (QED) is 0.534. The fraction of sp³-hybridized carbons (Fsp3) is 0.0588. The Balaban J connectivity index is 2.24. The first-order valence-corrected chi connectivity index (χ1v) is 6.25. The van der Waals surface area contributed by atoms with E-state index in [2.05, 4.69) is 11.2 Å². The molecular weight excluding hydrogens is 266 g/mol. The van der Waals surface area contributed by atoms with E-state index in [1.807, 2.05) is 0 Å². The van der Waals surface area contributed by atoms with Gasteiger partial charge in [-0.1, -0.05) is 24.1 Å². The van der Waals surface area contributed by atoms with Crippen molar-refractivity contribution in [1.29, 1.82) is 0 Å². The minimum Gasteiger partial charge on any atom is -0.426 e. The van der Waals surface area contributed by atoms with Crippen molar-refractivity contribution in [3.8, 4) is 18.1 Å². The molecule has 0 aliphatic rings. The lowest BCUT2D eigenvalue weighted by Gasteiger charge is -2.09. The number of rotatable bonds is 3. The highest BCUT2D eigenvalue weighted by Gasteiger charge is 2.13. The maximum absolute atomic E-state index is 12.3. The summed E-state index contributed by atoms with van der Waals surface area (Å²) in [5, 5.41) is 2.72. The molecule has 0 saturated heterocycles. The second kappa shape index (κ2) is 6.40. The number of nitrogens with one attached hydrogen (secondary N) is 1. The Labute approximate surface area is 122 Å². The van der Waals surface area contributed by atoms with Gasteiger partial charge in [0, 0.05) is 18.2 Å². The minimum absolute atomic E-state index is 0.218. The molecule has 0 heterocycles. The van der Waals surface area contributed by atoms with Crippen molar-refractivity contribution in [2.24, 2.45) is 0 Å². The maximum Gasteiger partial charge on any atom is 0.308 e. The second-order valence-electron chi connectivity index (χ2n) is 4.27. The molecule has 0 spiro atoms. The van der Waals surface area contributed by atoms with Gasteiger partial charge in [-0.15, -0.1) is 6.42 Å². The Morgan fingerprint density at radius 3 is 2.62 bits per heavy atom. The third-order valence-electron chi connectivity index (χ3n) is 2.67. The molecule has 0 unspecified atom stereocenters. The number of hydrogen-bond acceptors (Lipinski definition) is 3. The van der Waals surface area contributed by atoms with Gasteiger partial charge in [0.1, 0.15) is 5.75 Å². The summed E-state index contributed by atoms with van der Waals surface area (Å²) in [5.41, 5.74) is 1.52. The van der Waals surface area contributed by atoms with Gasteiger partial charge in [-0.25, -0.2) is 0 Å².